The van der Waals surface area contributed by atoms with Gasteiger partial charge >= 0.3 is 0 Å². The van der Waals surface area contributed by atoms with E-state index in [1.54, 1.807) is 24.5 Å². The van der Waals surface area contributed by atoms with Gasteiger partial charge in [0.15, 0.2) is 0 Å². The first-order valence-electron chi connectivity index (χ1n) is 7.16. The number of halogens is 2. The van der Waals surface area contributed by atoms with Crippen LogP contribution in [0.4, 0.5) is 8.78 Å². The van der Waals surface area contributed by atoms with Gasteiger partial charge in [-0.2, -0.15) is 0 Å². The highest BCUT2D eigenvalue weighted by Crippen LogP contribution is 2.33. The van der Waals surface area contributed by atoms with Crippen LogP contribution in [0.2, 0.25) is 0 Å². The minimum atomic E-state index is -4.36. The summed E-state index contributed by atoms with van der Waals surface area (Å²) in [6.07, 6.45) is 4.74. The fourth-order valence-corrected chi connectivity index (χ4v) is 3.09. The smallest absolute Gasteiger partial charge is 0.241 e. The van der Waals surface area contributed by atoms with Gasteiger partial charge in [-0.1, -0.05) is 6.07 Å². The molecule has 0 bridgehead atoms. The SMILES string of the molecule is Cc1cncc(-c2ncccc2-c2cc(F)c(S(N)(=O)=O)cc2F)c1. The lowest BCUT2D eigenvalue weighted by atomic mass is 9.99. The first-order valence-corrected chi connectivity index (χ1v) is 8.71. The second-order valence-electron chi connectivity index (χ2n) is 5.46. The molecule has 0 radical (unpaired) electrons. The van der Waals surface area contributed by atoms with Crippen LogP contribution in [0.3, 0.4) is 0 Å². The molecule has 128 valence electrons. The second kappa shape index (κ2) is 6.30. The van der Waals surface area contributed by atoms with E-state index in [2.05, 4.69) is 9.97 Å². The zero-order valence-corrected chi connectivity index (χ0v) is 13.9. The van der Waals surface area contributed by atoms with Crippen LogP contribution in [0, 0.1) is 18.6 Å². The van der Waals surface area contributed by atoms with Crippen LogP contribution in [-0.4, -0.2) is 18.4 Å². The first kappa shape index (κ1) is 17.1. The molecule has 0 amide bonds. The Bertz CT molecular complexity index is 1070. The van der Waals surface area contributed by atoms with Crippen molar-refractivity contribution in [3.63, 3.8) is 0 Å². The van der Waals surface area contributed by atoms with E-state index in [0.29, 0.717) is 22.9 Å². The fourth-order valence-electron chi connectivity index (χ4n) is 2.49. The summed E-state index contributed by atoms with van der Waals surface area (Å²) in [7, 11) is -4.36. The third-order valence-corrected chi connectivity index (χ3v) is 4.50. The molecular weight excluding hydrogens is 348 g/mol. The molecule has 2 heterocycles. The Morgan fingerprint density at radius 2 is 1.80 bits per heavy atom. The van der Waals surface area contributed by atoms with Crippen LogP contribution in [0.5, 0.6) is 0 Å². The molecule has 0 spiro atoms. The van der Waals surface area contributed by atoms with Gasteiger partial charge in [0, 0.05) is 35.3 Å². The number of benzene rings is 1. The number of sulfonamides is 1. The molecule has 0 aliphatic carbocycles. The molecule has 25 heavy (non-hydrogen) atoms. The number of aryl methyl sites for hydroxylation is 1. The summed E-state index contributed by atoms with van der Waals surface area (Å²) in [6.45, 7) is 1.85. The highest BCUT2D eigenvalue weighted by Gasteiger charge is 2.21. The van der Waals surface area contributed by atoms with E-state index in [-0.39, 0.29) is 5.56 Å². The Hall–Kier alpha value is -2.71. The van der Waals surface area contributed by atoms with Crippen molar-refractivity contribution < 1.29 is 17.2 Å². The predicted octanol–water partition coefficient (Wildman–Crippen LogP) is 3.04. The second-order valence-corrected chi connectivity index (χ2v) is 6.99. The first-order chi connectivity index (χ1) is 11.8. The number of hydrogen-bond acceptors (Lipinski definition) is 4. The van der Waals surface area contributed by atoms with Gasteiger partial charge in [-0.25, -0.2) is 22.3 Å². The molecule has 0 unspecified atom stereocenters. The molecule has 5 nitrogen and oxygen atoms in total. The number of nitrogens with zero attached hydrogens (tertiary/aromatic N) is 2. The molecule has 0 aliphatic heterocycles. The minimum absolute atomic E-state index is 0.116. The molecule has 2 aromatic heterocycles. The number of pyridine rings is 2. The number of nitrogens with two attached hydrogens (primary N) is 1. The quantitative estimate of drug-likeness (QED) is 0.777. The lowest BCUT2D eigenvalue weighted by Gasteiger charge is -2.11. The highest BCUT2D eigenvalue weighted by molar-refractivity contribution is 7.89. The lowest BCUT2D eigenvalue weighted by molar-refractivity contribution is 0.555. The average Bonchev–Trinajstić information content (AvgIpc) is 2.55. The number of aromatic nitrogens is 2. The minimum Gasteiger partial charge on any atom is -0.264 e. The Balaban J connectivity index is 2.24. The van der Waals surface area contributed by atoms with Crippen molar-refractivity contribution >= 4 is 10.0 Å². The van der Waals surface area contributed by atoms with Crippen LogP contribution >= 0.6 is 0 Å². The Morgan fingerprint density at radius 3 is 2.48 bits per heavy atom. The van der Waals surface area contributed by atoms with Crippen molar-refractivity contribution in [1.29, 1.82) is 0 Å². The maximum Gasteiger partial charge on any atom is 0.241 e. The van der Waals surface area contributed by atoms with Gasteiger partial charge in [-0.15, -0.1) is 0 Å². The molecule has 8 heteroatoms. The lowest BCUT2D eigenvalue weighted by Crippen LogP contribution is -2.14. The summed E-state index contributed by atoms with van der Waals surface area (Å²) in [5, 5.41) is 4.90. The van der Waals surface area contributed by atoms with E-state index >= 15 is 0 Å². The van der Waals surface area contributed by atoms with Gasteiger partial charge in [0.1, 0.15) is 16.5 Å². The summed E-state index contributed by atoms with van der Waals surface area (Å²) in [4.78, 5) is 7.42. The predicted molar refractivity (Wildman–Crippen MR) is 88.9 cm³/mol. The van der Waals surface area contributed by atoms with Crippen molar-refractivity contribution in [3.05, 3.63) is 66.1 Å². The van der Waals surface area contributed by atoms with Crippen LogP contribution in [0.15, 0.2) is 53.8 Å². The van der Waals surface area contributed by atoms with E-state index < -0.39 is 26.6 Å². The van der Waals surface area contributed by atoms with Crippen molar-refractivity contribution in [2.75, 3.05) is 0 Å². The van der Waals surface area contributed by atoms with E-state index in [9.17, 15) is 17.2 Å². The largest absolute Gasteiger partial charge is 0.264 e. The van der Waals surface area contributed by atoms with Crippen LogP contribution < -0.4 is 5.14 Å². The van der Waals surface area contributed by atoms with Gasteiger partial charge in [0.05, 0.1) is 5.69 Å². The van der Waals surface area contributed by atoms with Gasteiger partial charge in [-0.05, 0) is 36.8 Å². The summed E-state index contributed by atoms with van der Waals surface area (Å²) >= 11 is 0. The van der Waals surface area contributed by atoms with Gasteiger partial charge in [-0.3, -0.25) is 9.97 Å². The molecule has 0 fully saturated rings. The van der Waals surface area contributed by atoms with Gasteiger partial charge in [0.2, 0.25) is 10.0 Å². The fraction of sp³-hybridized carbons (Fsp3) is 0.0588. The Labute approximate surface area is 143 Å². The van der Waals surface area contributed by atoms with E-state index in [4.69, 9.17) is 5.14 Å². The maximum atomic E-state index is 14.5. The molecule has 3 aromatic rings. The summed E-state index contributed by atoms with van der Waals surface area (Å²) in [6, 6.07) is 6.34. The molecule has 0 saturated carbocycles. The van der Waals surface area contributed by atoms with Crippen molar-refractivity contribution in [1.82, 2.24) is 9.97 Å². The van der Waals surface area contributed by atoms with E-state index in [1.807, 2.05) is 13.0 Å². The molecule has 0 aliphatic rings. The number of primary sulfonamides is 1. The maximum absolute atomic E-state index is 14.5. The van der Waals surface area contributed by atoms with E-state index in [1.165, 1.54) is 6.20 Å². The van der Waals surface area contributed by atoms with E-state index in [0.717, 1.165) is 11.6 Å². The van der Waals surface area contributed by atoms with Gasteiger partial charge < -0.3 is 0 Å². The highest BCUT2D eigenvalue weighted by atomic mass is 32.2. The van der Waals surface area contributed by atoms with Crippen LogP contribution in [-0.2, 0) is 10.0 Å². The van der Waals surface area contributed by atoms with Crippen molar-refractivity contribution in [2.45, 2.75) is 11.8 Å². The molecule has 3 rings (SSSR count). The third-order valence-electron chi connectivity index (χ3n) is 3.57. The van der Waals surface area contributed by atoms with Crippen molar-refractivity contribution in [2.24, 2.45) is 5.14 Å². The topological polar surface area (TPSA) is 85.9 Å². The normalized spacial score (nSPS) is 11.5. The summed E-state index contributed by atoms with van der Waals surface area (Å²) < 4.78 is 51.3. The van der Waals surface area contributed by atoms with Crippen molar-refractivity contribution in [3.8, 4) is 22.4 Å². The number of rotatable bonds is 3. The molecule has 2 N–H and O–H groups in total. The summed E-state index contributed by atoms with van der Waals surface area (Å²) in [5.41, 5.74) is 2.11. The Morgan fingerprint density at radius 1 is 1.04 bits per heavy atom. The monoisotopic (exact) mass is 361 g/mol. The number of hydrogen-bond donors (Lipinski definition) is 1. The molecule has 1 aromatic carbocycles. The zero-order valence-electron chi connectivity index (χ0n) is 13.1. The zero-order chi connectivity index (χ0) is 18.2. The standard InChI is InChI=1S/C17H13F2N3O2S/c1-10-5-11(9-21-8-10)17-12(3-2-4-22-17)13-6-15(19)16(7-14(13)18)25(20,23)24/h2-9H,1H3,(H2,20,23,24). The van der Waals surface area contributed by atoms with Crippen LogP contribution in [0.1, 0.15) is 5.56 Å². The molecule has 0 atom stereocenters. The van der Waals surface area contributed by atoms with Crippen LogP contribution in [0.25, 0.3) is 22.4 Å². The van der Waals surface area contributed by atoms with Gasteiger partial charge in [0.25, 0.3) is 0 Å². The average molecular weight is 361 g/mol. The molecule has 0 saturated heterocycles. The Kier molecular flexibility index (Phi) is 4.32. The summed E-state index contributed by atoms with van der Waals surface area (Å²) in [5.74, 6) is -2.05. The third kappa shape index (κ3) is 3.40. The molecular formula is C17H13F2N3O2S.